The maximum Gasteiger partial charge on any atom is 0.342 e. The monoisotopic (exact) mass is 488 g/mol. The molecule has 7 nitrogen and oxygen atoms in total. The molecule has 1 fully saturated rings. The van der Waals surface area contributed by atoms with Crippen LogP contribution in [0, 0.1) is 6.92 Å². The molecule has 1 N–H and O–H groups in total. The van der Waals surface area contributed by atoms with Crippen molar-refractivity contribution >= 4 is 27.7 Å². The molecule has 1 saturated heterocycles. The third kappa shape index (κ3) is 4.08. The van der Waals surface area contributed by atoms with E-state index in [0.717, 1.165) is 42.9 Å². The van der Waals surface area contributed by atoms with Crippen LogP contribution in [0.25, 0.3) is 21.7 Å². The number of nitrogens with zero attached hydrogens (tertiary/aromatic N) is 2. The number of hydrogen-bond donors (Lipinski definition) is 1. The van der Waals surface area contributed by atoms with Gasteiger partial charge in [-0.1, -0.05) is 36.4 Å². The summed E-state index contributed by atoms with van der Waals surface area (Å²) in [4.78, 5) is 17.9. The number of benzene rings is 3. The molecule has 0 saturated carbocycles. The Balaban J connectivity index is 1.85. The van der Waals surface area contributed by atoms with E-state index in [1.165, 1.54) is 0 Å². The van der Waals surface area contributed by atoms with Gasteiger partial charge in [0.1, 0.15) is 28.4 Å². The van der Waals surface area contributed by atoms with Crippen LogP contribution in [0.5, 0.6) is 11.5 Å². The van der Waals surface area contributed by atoms with Crippen molar-refractivity contribution in [1.29, 1.82) is 0 Å². The van der Waals surface area contributed by atoms with E-state index in [1.54, 1.807) is 21.0 Å². The summed E-state index contributed by atoms with van der Waals surface area (Å²) in [5.74, 6) is 0.947. The molecule has 4 aromatic rings. The van der Waals surface area contributed by atoms with Gasteiger partial charge in [0.15, 0.2) is 0 Å². The van der Waals surface area contributed by atoms with Gasteiger partial charge in [0.2, 0.25) is 0 Å². The van der Waals surface area contributed by atoms with Crippen LogP contribution in [0.4, 0.5) is 0 Å². The van der Waals surface area contributed by atoms with E-state index in [9.17, 15) is 9.90 Å². The number of furan rings is 1. The highest BCUT2D eigenvalue weighted by atomic mass is 16.5. The van der Waals surface area contributed by atoms with E-state index in [0.29, 0.717) is 33.2 Å². The molecule has 1 aliphatic heterocycles. The summed E-state index contributed by atoms with van der Waals surface area (Å²) < 4.78 is 17.1. The molecular formula is C29H32N2O5. The minimum absolute atomic E-state index is 0.157. The highest BCUT2D eigenvalue weighted by Crippen LogP contribution is 2.47. The van der Waals surface area contributed by atoms with Crippen LogP contribution >= 0.6 is 0 Å². The Hall–Kier alpha value is -3.55. The zero-order valence-corrected chi connectivity index (χ0v) is 21.2. The van der Waals surface area contributed by atoms with Gasteiger partial charge in [-0.3, -0.25) is 4.90 Å². The lowest BCUT2D eigenvalue weighted by Crippen LogP contribution is -2.46. The number of hydrogen-bond acceptors (Lipinski definition) is 7. The van der Waals surface area contributed by atoms with Crippen molar-refractivity contribution in [2.45, 2.75) is 19.9 Å². The van der Waals surface area contributed by atoms with Crippen molar-refractivity contribution in [2.24, 2.45) is 0 Å². The summed E-state index contributed by atoms with van der Waals surface area (Å²) in [6.45, 7) is 7.24. The largest absolute Gasteiger partial charge is 0.507 e. The number of carbonyl (C=O) groups is 1. The summed E-state index contributed by atoms with van der Waals surface area (Å²) in [6, 6.07) is 15.2. The molecule has 2 heterocycles. The van der Waals surface area contributed by atoms with Crippen LogP contribution in [-0.2, 0) is 4.74 Å². The van der Waals surface area contributed by atoms with Gasteiger partial charge >= 0.3 is 5.97 Å². The SMILES string of the molecule is CCOC(=O)c1c(C)oc2c1c([C@H](c1ccc(OC)cc1)N1CCN(C)CC1)c(O)c1ccccc12. The van der Waals surface area contributed by atoms with E-state index in [4.69, 9.17) is 13.9 Å². The second-order valence-corrected chi connectivity index (χ2v) is 9.28. The molecule has 7 heteroatoms. The summed E-state index contributed by atoms with van der Waals surface area (Å²) in [6.07, 6.45) is 0. The quantitative estimate of drug-likeness (QED) is 0.378. The molecule has 0 radical (unpaired) electrons. The standard InChI is InChI=1S/C29H32N2O5/c1-5-35-29(33)23-18(2)36-28-22-9-7-6-8-21(22)27(32)25(24(23)28)26(31-16-14-30(3)15-17-31)19-10-12-20(34-4)13-11-19/h6-13,26,32H,5,14-17H2,1-4H3/t26-/m0/s1. The fourth-order valence-corrected chi connectivity index (χ4v) is 5.28. The van der Waals surface area contributed by atoms with Crippen molar-refractivity contribution in [2.75, 3.05) is 46.9 Å². The number of aryl methyl sites for hydroxylation is 1. The molecule has 1 atom stereocenters. The smallest absolute Gasteiger partial charge is 0.342 e. The number of ether oxygens (including phenoxy) is 2. The van der Waals surface area contributed by atoms with Gasteiger partial charge in [-0.05, 0) is 38.6 Å². The van der Waals surface area contributed by atoms with E-state index < -0.39 is 5.97 Å². The van der Waals surface area contributed by atoms with Crippen LogP contribution in [-0.4, -0.2) is 67.8 Å². The van der Waals surface area contributed by atoms with Crippen LogP contribution in [0.1, 0.15) is 40.2 Å². The first-order valence-electron chi connectivity index (χ1n) is 12.3. The maximum absolute atomic E-state index is 13.2. The fraction of sp³-hybridized carbons (Fsp3) is 0.345. The molecule has 0 spiro atoms. The maximum atomic E-state index is 13.2. The van der Waals surface area contributed by atoms with Gasteiger partial charge in [0.05, 0.1) is 19.8 Å². The molecule has 36 heavy (non-hydrogen) atoms. The molecule has 1 aliphatic rings. The van der Waals surface area contributed by atoms with E-state index in [-0.39, 0.29) is 18.4 Å². The van der Waals surface area contributed by atoms with Crippen molar-refractivity contribution in [3.8, 4) is 11.5 Å². The number of likely N-dealkylation sites (N-methyl/N-ethyl adjacent to an activating group) is 1. The number of carbonyl (C=O) groups excluding carboxylic acids is 1. The van der Waals surface area contributed by atoms with Gasteiger partial charge in [0, 0.05) is 47.9 Å². The van der Waals surface area contributed by atoms with Gasteiger partial charge in [-0.25, -0.2) is 4.79 Å². The topological polar surface area (TPSA) is 75.4 Å². The van der Waals surface area contributed by atoms with E-state index >= 15 is 0 Å². The zero-order valence-electron chi connectivity index (χ0n) is 21.2. The number of fused-ring (bicyclic) bond motifs is 3. The first-order chi connectivity index (χ1) is 17.4. The van der Waals surface area contributed by atoms with Crippen LogP contribution in [0.2, 0.25) is 0 Å². The van der Waals surface area contributed by atoms with Gasteiger partial charge in [0.25, 0.3) is 0 Å². The minimum Gasteiger partial charge on any atom is -0.507 e. The molecule has 0 aliphatic carbocycles. The minimum atomic E-state index is -0.448. The van der Waals surface area contributed by atoms with E-state index in [2.05, 4.69) is 16.8 Å². The Kier molecular flexibility index (Phi) is 6.60. The predicted molar refractivity (Wildman–Crippen MR) is 140 cm³/mol. The Morgan fingerprint density at radius 1 is 1.06 bits per heavy atom. The number of aromatic hydroxyl groups is 1. The number of piperazine rings is 1. The van der Waals surface area contributed by atoms with Crippen molar-refractivity contribution in [1.82, 2.24) is 9.80 Å². The highest BCUT2D eigenvalue weighted by Gasteiger charge is 2.34. The molecular weight excluding hydrogens is 456 g/mol. The Bertz CT molecular complexity index is 1400. The number of esters is 1. The number of methoxy groups -OCH3 is 1. The lowest BCUT2D eigenvalue weighted by atomic mass is 9.88. The molecule has 0 bridgehead atoms. The Morgan fingerprint density at radius 2 is 1.72 bits per heavy atom. The first-order valence-corrected chi connectivity index (χ1v) is 12.3. The molecule has 188 valence electrons. The number of rotatable bonds is 6. The summed E-state index contributed by atoms with van der Waals surface area (Å²) >= 11 is 0. The van der Waals surface area contributed by atoms with Crippen LogP contribution in [0.3, 0.4) is 0 Å². The number of phenolic OH excluding ortho intramolecular Hbond substituents is 1. The normalized spacial score (nSPS) is 15.9. The van der Waals surface area contributed by atoms with Crippen molar-refractivity contribution in [3.05, 3.63) is 71.0 Å². The molecule has 1 aromatic heterocycles. The van der Waals surface area contributed by atoms with E-state index in [1.807, 2.05) is 48.5 Å². The summed E-state index contributed by atoms with van der Waals surface area (Å²) in [5, 5.41) is 13.9. The molecule has 3 aromatic carbocycles. The fourth-order valence-electron chi connectivity index (χ4n) is 5.28. The average Bonchev–Trinajstić information content (AvgIpc) is 3.24. The lowest BCUT2D eigenvalue weighted by molar-refractivity contribution is 0.0526. The third-order valence-corrected chi connectivity index (χ3v) is 7.12. The van der Waals surface area contributed by atoms with Gasteiger partial charge < -0.3 is 23.9 Å². The van der Waals surface area contributed by atoms with Crippen molar-refractivity contribution < 1.29 is 23.8 Å². The Labute approximate surface area is 210 Å². The average molecular weight is 489 g/mol. The molecule has 0 amide bonds. The second-order valence-electron chi connectivity index (χ2n) is 9.28. The lowest BCUT2D eigenvalue weighted by Gasteiger charge is -2.39. The number of phenols is 1. The van der Waals surface area contributed by atoms with Crippen LogP contribution < -0.4 is 4.74 Å². The predicted octanol–water partition coefficient (Wildman–Crippen LogP) is 5.12. The summed E-state index contributed by atoms with van der Waals surface area (Å²) in [5.41, 5.74) is 2.63. The molecule has 5 rings (SSSR count). The Morgan fingerprint density at radius 3 is 2.36 bits per heavy atom. The third-order valence-electron chi connectivity index (χ3n) is 7.12. The first kappa shape index (κ1) is 24.2. The van der Waals surface area contributed by atoms with Gasteiger partial charge in [-0.15, -0.1) is 0 Å². The zero-order chi connectivity index (χ0) is 25.4. The van der Waals surface area contributed by atoms with Gasteiger partial charge in [-0.2, -0.15) is 0 Å². The van der Waals surface area contributed by atoms with Crippen LogP contribution in [0.15, 0.2) is 52.9 Å². The van der Waals surface area contributed by atoms with Crippen molar-refractivity contribution in [3.63, 3.8) is 0 Å². The second kappa shape index (κ2) is 9.84. The molecule has 0 unspecified atom stereocenters. The summed E-state index contributed by atoms with van der Waals surface area (Å²) in [7, 11) is 3.76. The highest BCUT2D eigenvalue weighted by molar-refractivity contribution is 6.16.